The number of thiophene rings is 2. The number of benzene rings is 1. The highest BCUT2D eigenvalue weighted by Crippen LogP contribution is 2.38. The number of rotatable bonds is 5. The van der Waals surface area contributed by atoms with Crippen molar-refractivity contribution in [1.82, 2.24) is 5.32 Å². The summed E-state index contributed by atoms with van der Waals surface area (Å²) in [4.78, 5) is 1.33. The standard InChI is InChI=1S/C17H19NOS2/c1-11(2)19-13-7-5-4-6-12(13)17(18-3)16-10-15-14(21-16)8-9-20-15/h4-11,17-18H,1-3H3. The third kappa shape index (κ3) is 2.98. The van der Waals surface area contributed by atoms with Crippen molar-refractivity contribution in [1.29, 1.82) is 0 Å². The van der Waals surface area contributed by atoms with Gasteiger partial charge in [-0.1, -0.05) is 18.2 Å². The molecule has 0 aliphatic heterocycles. The van der Waals surface area contributed by atoms with Crippen molar-refractivity contribution >= 4 is 32.1 Å². The highest BCUT2D eigenvalue weighted by molar-refractivity contribution is 7.27. The molecule has 2 heterocycles. The van der Waals surface area contributed by atoms with Crippen LogP contribution in [0.1, 0.15) is 30.3 Å². The van der Waals surface area contributed by atoms with Gasteiger partial charge in [0.25, 0.3) is 0 Å². The molecule has 1 unspecified atom stereocenters. The van der Waals surface area contributed by atoms with Crippen molar-refractivity contribution in [3.05, 3.63) is 52.2 Å². The van der Waals surface area contributed by atoms with Crippen molar-refractivity contribution in [2.45, 2.75) is 26.0 Å². The molecular formula is C17H19NOS2. The smallest absolute Gasteiger partial charge is 0.124 e. The fraction of sp³-hybridized carbons (Fsp3) is 0.294. The van der Waals surface area contributed by atoms with Gasteiger partial charge in [0.2, 0.25) is 0 Å². The van der Waals surface area contributed by atoms with Crippen LogP contribution in [-0.4, -0.2) is 13.2 Å². The lowest BCUT2D eigenvalue weighted by Gasteiger charge is -2.20. The average molecular weight is 317 g/mol. The first-order valence-corrected chi connectivity index (χ1v) is 8.78. The second-order valence-electron chi connectivity index (χ2n) is 5.22. The Morgan fingerprint density at radius 1 is 1.10 bits per heavy atom. The fourth-order valence-corrected chi connectivity index (χ4v) is 4.71. The maximum absolute atomic E-state index is 5.97. The van der Waals surface area contributed by atoms with Gasteiger partial charge in [0.05, 0.1) is 12.1 Å². The average Bonchev–Trinajstić information content (AvgIpc) is 3.02. The molecule has 0 fully saturated rings. The molecule has 1 atom stereocenters. The first-order chi connectivity index (χ1) is 10.2. The molecular weight excluding hydrogens is 298 g/mol. The summed E-state index contributed by atoms with van der Waals surface area (Å²) in [5, 5.41) is 5.58. The van der Waals surface area contributed by atoms with Crippen LogP contribution in [0.3, 0.4) is 0 Å². The second kappa shape index (κ2) is 6.18. The summed E-state index contributed by atoms with van der Waals surface area (Å²) in [7, 11) is 2.00. The molecule has 3 aromatic rings. The Morgan fingerprint density at radius 2 is 1.90 bits per heavy atom. The van der Waals surface area contributed by atoms with Crippen LogP contribution in [0.25, 0.3) is 9.40 Å². The molecule has 0 spiro atoms. The van der Waals surface area contributed by atoms with Gasteiger partial charge in [-0.05, 0) is 44.5 Å². The molecule has 110 valence electrons. The van der Waals surface area contributed by atoms with E-state index in [1.165, 1.54) is 19.8 Å². The lowest BCUT2D eigenvalue weighted by Crippen LogP contribution is -2.18. The van der Waals surface area contributed by atoms with Gasteiger partial charge < -0.3 is 10.1 Å². The Bertz CT molecular complexity index is 701. The van der Waals surface area contributed by atoms with Crippen molar-refractivity contribution in [2.75, 3.05) is 7.05 Å². The van der Waals surface area contributed by atoms with Gasteiger partial charge in [-0.15, -0.1) is 22.7 Å². The van der Waals surface area contributed by atoms with Gasteiger partial charge in [-0.25, -0.2) is 0 Å². The summed E-state index contributed by atoms with van der Waals surface area (Å²) in [6.07, 6.45) is 0.176. The van der Waals surface area contributed by atoms with E-state index in [2.05, 4.69) is 54.9 Å². The molecule has 0 aliphatic carbocycles. The minimum atomic E-state index is 0.171. The topological polar surface area (TPSA) is 21.3 Å². The number of nitrogens with one attached hydrogen (secondary N) is 1. The molecule has 2 nitrogen and oxygen atoms in total. The minimum absolute atomic E-state index is 0.171. The van der Waals surface area contributed by atoms with E-state index in [0.717, 1.165) is 5.75 Å². The summed E-state index contributed by atoms with van der Waals surface area (Å²) in [5.74, 6) is 0.962. The fourth-order valence-electron chi connectivity index (χ4n) is 2.46. The van der Waals surface area contributed by atoms with Gasteiger partial charge in [-0.2, -0.15) is 0 Å². The Kier molecular flexibility index (Phi) is 4.29. The van der Waals surface area contributed by atoms with E-state index in [-0.39, 0.29) is 12.1 Å². The Hall–Kier alpha value is -1.36. The van der Waals surface area contributed by atoms with Crippen LogP contribution < -0.4 is 10.1 Å². The van der Waals surface area contributed by atoms with Crippen molar-refractivity contribution in [3.63, 3.8) is 0 Å². The molecule has 1 aromatic carbocycles. The zero-order chi connectivity index (χ0) is 14.8. The second-order valence-corrected chi connectivity index (χ2v) is 7.29. The van der Waals surface area contributed by atoms with E-state index in [0.29, 0.717) is 0 Å². The molecule has 0 saturated carbocycles. The van der Waals surface area contributed by atoms with Crippen LogP contribution in [0.5, 0.6) is 5.75 Å². The van der Waals surface area contributed by atoms with Gasteiger partial charge in [0.1, 0.15) is 5.75 Å². The van der Waals surface area contributed by atoms with Crippen molar-refractivity contribution in [3.8, 4) is 5.75 Å². The highest BCUT2D eigenvalue weighted by Gasteiger charge is 2.19. The monoisotopic (exact) mass is 317 g/mol. The third-order valence-corrected chi connectivity index (χ3v) is 5.48. The quantitative estimate of drug-likeness (QED) is 0.710. The largest absolute Gasteiger partial charge is 0.491 e. The third-order valence-electron chi connectivity index (χ3n) is 3.32. The zero-order valence-electron chi connectivity index (χ0n) is 12.4. The number of hydrogen-bond acceptors (Lipinski definition) is 4. The molecule has 3 rings (SSSR count). The maximum atomic E-state index is 5.97. The summed E-state index contributed by atoms with van der Waals surface area (Å²) in [5.41, 5.74) is 1.20. The lowest BCUT2D eigenvalue weighted by molar-refractivity contribution is 0.239. The van der Waals surface area contributed by atoms with Crippen LogP contribution >= 0.6 is 22.7 Å². The van der Waals surface area contributed by atoms with E-state index < -0.39 is 0 Å². The van der Waals surface area contributed by atoms with E-state index in [4.69, 9.17) is 4.74 Å². The van der Waals surface area contributed by atoms with E-state index in [1.807, 2.05) is 24.5 Å². The molecule has 21 heavy (non-hydrogen) atoms. The maximum Gasteiger partial charge on any atom is 0.124 e. The molecule has 0 radical (unpaired) electrons. The van der Waals surface area contributed by atoms with Gasteiger partial charge >= 0.3 is 0 Å². The summed E-state index contributed by atoms with van der Waals surface area (Å²) >= 11 is 3.65. The van der Waals surface area contributed by atoms with Gasteiger partial charge in [0, 0.05) is 19.8 Å². The van der Waals surface area contributed by atoms with Crippen LogP contribution in [0, 0.1) is 0 Å². The Balaban J connectivity index is 2.01. The van der Waals surface area contributed by atoms with Gasteiger partial charge in [-0.3, -0.25) is 0 Å². The van der Waals surface area contributed by atoms with Crippen LogP contribution in [0.15, 0.2) is 41.8 Å². The highest BCUT2D eigenvalue weighted by atomic mass is 32.1. The normalized spacial score (nSPS) is 13.0. The molecule has 0 amide bonds. The predicted octanol–water partition coefficient (Wildman–Crippen LogP) is 5.06. The minimum Gasteiger partial charge on any atom is -0.491 e. The number of para-hydroxylation sites is 1. The molecule has 0 aliphatic rings. The van der Waals surface area contributed by atoms with Crippen molar-refractivity contribution < 1.29 is 4.74 Å². The first-order valence-electron chi connectivity index (χ1n) is 7.09. The lowest BCUT2D eigenvalue weighted by atomic mass is 10.0. The van der Waals surface area contributed by atoms with Crippen LogP contribution in [0.2, 0.25) is 0 Å². The van der Waals surface area contributed by atoms with Gasteiger partial charge in [0.15, 0.2) is 0 Å². The van der Waals surface area contributed by atoms with Crippen LogP contribution in [-0.2, 0) is 0 Å². The molecule has 0 saturated heterocycles. The molecule has 4 heteroatoms. The molecule has 2 aromatic heterocycles. The Labute approximate surface area is 133 Å². The first kappa shape index (κ1) is 14.6. The van der Waals surface area contributed by atoms with Crippen molar-refractivity contribution in [2.24, 2.45) is 0 Å². The Morgan fingerprint density at radius 3 is 2.62 bits per heavy atom. The van der Waals surface area contributed by atoms with E-state index in [1.54, 1.807) is 11.3 Å². The molecule has 0 bridgehead atoms. The molecule has 1 N–H and O–H groups in total. The number of ether oxygens (including phenoxy) is 1. The summed E-state index contributed by atoms with van der Waals surface area (Å²) in [6.45, 7) is 4.12. The van der Waals surface area contributed by atoms with Crippen LogP contribution in [0.4, 0.5) is 0 Å². The summed E-state index contributed by atoms with van der Waals surface area (Å²) in [6, 6.07) is 13.0. The number of fused-ring (bicyclic) bond motifs is 1. The zero-order valence-corrected chi connectivity index (χ0v) is 14.1. The van der Waals surface area contributed by atoms with E-state index in [9.17, 15) is 0 Å². The summed E-state index contributed by atoms with van der Waals surface area (Å²) < 4.78 is 8.69. The van der Waals surface area contributed by atoms with E-state index >= 15 is 0 Å². The SMILES string of the molecule is CNC(c1cc2sccc2s1)c1ccccc1OC(C)C. The predicted molar refractivity (Wildman–Crippen MR) is 92.8 cm³/mol. The number of hydrogen-bond donors (Lipinski definition) is 1.